The predicted molar refractivity (Wildman–Crippen MR) is 86.5 cm³/mol. The highest BCUT2D eigenvalue weighted by Crippen LogP contribution is 2.25. The molecule has 22 heavy (non-hydrogen) atoms. The van der Waals surface area contributed by atoms with E-state index in [9.17, 15) is 5.11 Å². The van der Waals surface area contributed by atoms with Crippen LogP contribution in [0.2, 0.25) is 0 Å². The molecule has 2 heterocycles. The molecule has 3 rings (SSSR count). The summed E-state index contributed by atoms with van der Waals surface area (Å²) in [5, 5.41) is 18.0. The molecular formula is C16H16N4OS. The van der Waals surface area contributed by atoms with Crippen LogP contribution in [0.1, 0.15) is 17.2 Å². The van der Waals surface area contributed by atoms with E-state index in [1.807, 2.05) is 43.3 Å². The monoisotopic (exact) mass is 312 g/mol. The van der Waals surface area contributed by atoms with Gasteiger partial charge in [0.05, 0.1) is 6.10 Å². The second-order valence-electron chi connectivity index (χ2n) is 4.89. The largest absolute Gasteiger partial charge is 0.388 e. The Balaban J connectivity index is 1.65. The molecule has 0 saturated carbocycles. The fraction of sp³-hybridized carbons (Fsp3) is 0.188. The fourth-order valence-corrected chi connectivity index (χ4v) is 2.91. The van der Waals surface area contributed by atoms with Crippen molar-refractivity contribution in [3.05, 3.63) is 59.9 Å². The maximum atomic E-state index is 10.3. The Bertz CT molecular complexity index is 745. The van der Waals surface area contributed by atoms with Crippen molar-refractivity contribution in [1.82, 2.24) is 20.2 Å². The van der Waals surface area contributed by atoms with E-state index in [1.54, 1.807) is 12.4 Å². The molecule has 1 atom stereocenters. The lowest BCUT2D eigenvalue weighted by Gasteiger charge is -2.11. The Labute approximate surface area is 132 Å². The van der Waals surface area contributed by atoms with Crippen molar-refractivity contribution in [2.24, 2.45) is 0 Å². The molecule has 0 fully saturated rings. The SMILES string of the molecule is Cc1ccccc1[C@@H](O)CSc1n[nH]c(-c2ccncc2)n1. The van der Waals surface area contributed by atoms with Crippen LogP contribution in [0, 0.1) is 6.92 Å². The van der Waals surface area contributed by atoms with Gasteiger partial charge >= 0.3 is 0 Å². The molecule has 2 N–H and O–H groups in total. The van der Waals surface area contributed by atoms with Gasteiger partial charge in [-0.15, -0.1) is 5.10 Å². The van der Waals surface area contributed by atoms with E-state index >= 15 is 0 Å². The zero-order chi connectivity index (χ0) is 15.4. The standard InChI is InChI=1S/C16H16N4OS/c1-11-4-2-3-5-13(11)14(21)10-22-16-18-15(19-20-16)12-6-8-17-9-7-12/h2-9,14,21H,10H2,1H3,(H,18,19,20)/t14-/m0/s1. The van der Waals surface area contributed by atoms with Gasteiger partial charge in [-0.2, -0.15) is 0 Å². The molecule has 5 nitrogen and oxygen atoms in total. The maximum Gasteiger partial charge on any atom is 0.208 e. The molecule has 0 amide bonds. The number of aliphatic hydroxyl groups excluding tert-OH is 1. The highest BCUT2D eigenvalue weighted by Gasteiger charge is 2.12. The van der Waals surface area contributed by atoms with Gasteiger partial charge in [-0.1, -0.05) is 36.0 Å². The van der Waals surface area contributed by atoms with Gasteiger partial charge in [0.2, 0.25) is 5.16 Å². The normalized spacial score (nSPS) is 12.3. The third kappa shape index (κ3) is 3.35. The predicted octanol–water partition coefficient (Wildman–Crippen LogP) is 3.00. The summed E-state index contributed by atoms with van der Waals surface area (Å²) in [6, 6.07) is 11.6. The molecule has 0 saturated heterocycles. The quantitative estimate of drug-likeness (QED) is 0.708. The van der Waals surface area contributed by atoms with E-state index in [2.05, 4.69) is 20.2 Å². The number of aliphatic hydroxyl groups is 1. The van der Waals surface area contributed by atoms with E-state index in [0.29, 0.717) is 16.7 Å². The van der Waals surface area contributed by atoms with Crippen LogP contribution in [-0.2, 0) is 0 Å². The van der Waals surface area contributed by atoms with Crippen LogP contribution < -0.4 is 0 Å². The van der Waals surface area contributed by atoms with Crippen molar-refractivity contribution in [2.75, 3.05) is 5.75 Å². The highest BCUT2D eigenvalue weighted by atomic mass is 32.2. The average molecular weight is 312 g/mol. The average Bonchev–Trinajstić information content (AvgIpc) is 3.03. The van der Waals surface area contributed by atoms with Crippen molar-refractivity contribution in [1.29, 1.82) is 0 Å². The Morgan fingerprint density at radius 2 is 1.95 bits per heavy atom. The number of nitrogens with zero attached hydrogens (tertiary/aromatic N) is 3. The molecule has 0 aliphatic rings. The molecular weight excluding hydrogens is 296 g/mol. The first-order valence-corrected chi connectivity index (χ1v) is 7.92. The first-order valence-electron chi connectivity index (χ1n) is 6.93. The Kier molecular flexibility index (Phi) is 4.50. The Hall–Kier alpha value is -2.18. The summed E-state index contributed by atoms with van der Waals surface area (Å²) >= 11 is 1.43. The van der Waals surface area contributed by atoms with Crippen molar-refractivity contribution in [3.63, 3.8) is 0 Å². The molecule has 6 heteroatoms. The van der Waals surface area contributed by atoms with Gasteiger partial charge in [0.1, 0.15) is 0 Å². The van der Waals surface area contributed by atoms with Gasteiger partial charge in [-0.05, 0) is 30.2 Å². The number of aryl methyl sites for hydroxylation is 1. The highest BCUT2D eigenvalue weighted by molar-refractivity contribution is 7.99. The number of thioether (sulfide) groups is 1. The van der Waals surface area contributed by atoms with Crippen molar-refractivity contribution < 1.29 is 5.11 Å². The third-order valence-corrected chi connectivity index (χ3v) is 4.26. The minimum atomic E-state index is -0.533. The molecule has 2 aromatic heterocycles. The number of aromatic nitrogens is 4. The molecule has 0 unspecified atom stereocenters. The second kappa shape index (κ2) is 6.72. The van der Waals surface area contributed by atoms with Crippen molar-refractivity contribution in [3.8, 4) is 11.4 Å². The summed E-state index contributed by atoms with van der Waals surface area (Å²) in [5.41, 5.74) is 2.97. The first kappa shape index (κ1) is 14.7. The molecule has 0 aliphatic heterocycles. The molecule has 0 spiro atoms. The van der Waals surface area contributed by atoms with Gasteiger partial charge < -0.3 is 5.11 Å². The summed E-state index contributed by atoms with van der Waals surface area (Å²) in [7, 11) is 0. The Morgan fingerprint density at radius 3 is 2.73 bits per heavy atom. The van der Waals surface area contributed by atoms with E-state index in [-0.39, 0.29) is 0 Å². The van der Waals surface area contributed by atoms with Crippen molar-refractivity contribution >= 4 is 11.8 Å². The van der Waals surface area contributed by atoms with Gasteiger partial charge in [-0.25, -0.2) is 4.98 Å². The molecule has 1 aromatic carbocycles. The number of nitrogens with one attached hydrogen (secondary N) is 1. The minimum absolute atomic E-state index is 0.512. The van der Waals surface area contributed by atoms with Crippen LogP contribution in [0.15, 0.2) is 53.9 Å². The summed E-state index contributed by atoms with van der Waals surface area (Å²) in [6.07, 6.45) is 2.90. The lowest BCUT2D eigenvalue weighted by molar-refractivity contribution is 0.203. The maximum absolute atomic E-state index is 10.3. The first-order chi connectivity index (χ1) is 10.7. The lowest BCUT2D eigenvalue weighted by Crippen LogP contribution is -2.02. The van der Waals surface area contributed by atoms with Gasteiger partial charge in [0.25, 0.3) is 0 Å². The number of hydrogen-bond donors (Lipinski definition) is 2. The van der Waals surface area contributed by atoms with Crippen LogP contribution in [0.5, 0.6) is 0 Å². The second-order valence-corrected chi connectivity index (χ2v) is 5.87. The summed E-state index contributed by atoms with van der Waals surface area (Å²) in [5.74, 6) is 1.22. The minimum Gasteiger partial charge on any atom is -0.388 e. The number of benzene rings is 1. The van der Waals surface area contributed by atoms with E-state index in [1.165, 1.54) is 11.8 Å². The van der Waals surface area contributed by atoms with Crippen molar-refractivity contribution in [2.45, 2.75) is 18.2 Å². The number of rotatable bonds is 5. The zero-order valence-electron chi connectivity index (χ0n) is 12.1. The number of pyridine rings is 1. The van der Waals surface area contributed by atoms with Crippen LogP contribution in [0.4, 0.5) is 0 Å². The van der Waals surface area contributed by atoms with E-state index in [0.717, 1.165) is 16.7 Å². The van der Waals surface area contributed by atoms with Crippen LogP contribution in [-0.4, -0.2) is 31.0 Å². The summed E-state index contributed by atoms with van der Waals surface area (Å²) in [6.45, 7) is 2.00. The summed E-state index contributed by atoms with van der Waals surface area (Å²) in [4.78, 5) is 8.40. The number of H-pyrrole nitrogens is 1. The zero-order valence-corrected chi connectivity index (χ0v) is 12.9. The van der Waals surface area contributed by atoms with Crippen LogP contribution >= 0.6 is 11.8 Å². The number of aromatic amines is 1. The molecule has 0 bridgehead atoms. The van der Waals surface area contributed by atoms with E-state index < -0.39 is 6.10 Å². The molecule has 112 valence electrons. The number of hydrogen-bond acceptors (Lipinski definition) is 5. The van der Waals surface area contributed by atoms with Crippen LogP contribution in [0.3, 0.4) is 0 Å². The topological polar surface area (TPSA) is 74.7 Å². The molecule has 3 aromatic rings. The summed E-state index contributed by atoms with van der Waals surface area (Å²) < 4.78 is 0. The lowest BCUT2D eigenvalue weighted by atomic mass is 10.1. The molecule has 0 radical (unpaired) electrons. The smallest absolute Gasteiger partial charge is 0.208 e. The van der Waals surface area contributed by atoms with Crippen LogP contribution in [0.25, 0.3) is 11.4 Å². The Morgan fingerprint density at radius 1 is 1.18 bits per heavy atom. The fourth-order valence-electron chi connectivity index (χ4n) is 2.15. The van der Waals surface area contributed by atoms with Gasteiger partial charge in [0, 0.05) is 23.7 Å². The van der Waals surface area contributed by atoms with Gasteiger partial charge in [-0.3, -0.25) is 10.1 Å². The van der Waals surface area contributed by atoms with E-state index in [4.69, 9.17) is 0 Å². The molecule has 0 aliphatic carbocycles. The third-order valence-electron chi connectivity index (χ3n) is 3.34. The van der Waals surface area contributed by atoms with Gasteiger partial charge in [0.15, 0.2) is 5.82 Å².